The minimum atomic E-state index is -0.894. The number of aliphatic hydroxyl groups is 1. The van der Waals surface area contributed by atoms with Crippen LogP contribution in [0.1, 0.15) is 88.7 Å². The van der Waals surface area contributed by atoms with E-state index in [9.17, 15) is 9.90 Å². The molecular formula is C32H38O2. The molecule has 0 saturated heterocycles. The molecule has 7 atom stereocenters. The standard InChI is InChI=1S/C32H38O2/c1-4-16-32(34)17-15-29-27-13-11-24-18-25(33)12-14-26(24)30(27)28(19-31(29,32)3)23-9-7-22(8-10-23)20(2)21-5-6-21/h7-10,18,21,26-30,34H,2,5-6,11-15,17,19H2,1,3H3/t26?,27?,28-,29?,30?,31+,32+/m1/s1. The summed E-state index contributed by atoms with van der Waals surface area (Å²) < 4.78 is 0. The number of allylic oxidation sites excluding steroid dienone is 2. The van der Waals surface area contributed by atoms with E-state index in [4.69, 9.17) is 0 Å². The zero-order valence-electron chi connectivity index (χ0n) is 20.8. The molecule has 0 aromatic heterocycles. The van der Waals surface area contributed by atoms with Gasteiger partial charge in [0.1, 0.15) is 5.60 Å². The van der Waals surface area contributed by atoms with Gasteiger partial charge in [-0.2, -0.15) is 0 Å². The molecule has 6 rings (SSSR count). The quantitative estimate of drug-likeness (QED) is 0.516. The summed E-state index contributed by atoms with van der Waals surface area (Å²) in [5, 5.41) is 11.8. The first kappa shape index (κ1) is 22.4. The van der Waals surface area contributed by atoms with E-state index in [1.165, 1.54) is 35.1 Å². The summed E-state index contributed by atoms with van der Waals surface area (Å²) >= 11 is 0. The summed E-state index contributed by atoms with van der Waals surface area (Å²) in [6, 6.07) is 9.27. The van der Waals surface area contributed by atoms with Crippen molar-refractivity contribution >= 4 is 11.4 Å². The van der Waals surface area contributed by atoms with Crippen molar-refractivity contribution in [2.24, 2.45) is 35.0 Å². The number of carbonyl (C=O) groups is 1. The van der Waals surface area contributed by atoms with E-state index in [0.29, 0.717) is 47.7 Å². The highest BCUT2D eigenvalue weighted by atomic mass is 16.3. The molecule has 34 heavy (non-hydrogen) atoms. The second-order valence-corrected chi connectivity index (χ2v) is 12.1. The van der Waals surface area contributed by atoms with Gasteiger partial charge in [-0.1, -0.05) is 49.3 Å². The van der Waals surface area contributed by atoms with Gasteiger partial charge in [-0.15, -0.1) is 5.92 Å². The van der Waals surface area contributed by atoms with Gasteiger partial charge in [-0.25, -0.2) is 0 Å². The second-order valence-electron chi connectivity index (χ2n) is 12.1. The molecule has 178 valence electrons. The van der Waals surface area contributed by atoms with E-state index in [1.54, 1.807) is 0 Å². The van der Waals surface area contributed by atoms with Crippen LogP contribution in [-0.4, -0.2) is 16.5 Å². The molecule has 4 saturated carbocycles. The molecule has 0 spiro atoms. The van der Waals surface area contributed by atoms with E-state index in [0.717, 1.165) is 38.5 Å². The molecule has 1 aromatic rings. The fraction of sp³-hybridized carbons (Fsp3) is 0.594. The molecule has 5 aliphatic carbocycles. The molecule has 2 nitrogen and oxygen atoms in total. The Morgan fingerprint density at radius 1 is 1.06 bits per heavy atom. The Kier molecular flexibility index (Phi) is 5.23. The first-order valence-electron chi connectivity index (χ1n) is 13.5. The van der Waals surface area contributed by atoms with Crippen LogP contribution in [0.25, 0.3) is 5.57 Å². The highest BCUT2D eigenvalue weighted by Crippen LogP contribution is 2.68. The summed E-state index contributed by atoms with van der Waals surface area (Å²) in [7, 11) is 0. The van der Waals surface area contributed by atoms with Crippen LogP contribution < -0.4 is 0 Å². The first-order valence-corrected chi connectivity index (χ1v) is 13.5. The Morgan fingerprint density at radius 3 is 2.53 bits per heavy atom. The zero-order valence-corrected chi connectivity index (χ0v) is 20.8. The van der Waals surface area contributed by atoms with E-state index in [2.05, 4.69) is 49.6 Å². The molecular weight excluding hydrogens is 416 g/mol. The van der Waals surface area contributed by atoms with Gasteiger partial charge in [0.15, 0.2) is 5.78 Å². The number of benzene rings is 1. The molecule has 0 amide bonds. The fourth-order valence-electron chi connectivity index (χ4n) is 8.68. The third kappa shape index (κ3) is 3.30. The second kappa shape index (κ2) is 7.96. The van der Waals surface area contributed by atoms with Crippen molar-refractivity contribution in [2.75, 3.05) is 0 Å². The van der Waals surface area contributed by atoms with Crippen LogP contribution in [0.15, 0.2) is 42.5 Å². The first-order chi connectivity index (χ1) is 16.3. The van der Waals surface area contributed by atoms with Crippen LogP contribution in [0.5, 0.6) is 0 Å². The number of hydrogen-bond acceptors (Lipinski definition) is 2. The molecule has 0 radical (unpaired) electrons. The number of hydrogen-bond donors (Lipinski definition) is 1. The van der Waals surface area contributed by atoms with Gasteiger partial charge >= 0.3 is 0 Å². The summed E-state index contributed by atoms with van der Waals surface area (Å²) in [5.41, 5.74) is 4.30. The van der Waals surface area contributed by atoms with Gasteiger partial charge in [-0.05, 0) is 117 Å². The van der Waals surface area contributed by atoms with Gasteiger partial charge in [0, 0.05) is 11.8 Å². The topological polar surface area (TPSA) is 37.3 Å². The van der Waals surface area contributed by atoms with Crippen molar-refractivity contribution in [1.82, 2.24) is 0 Å². The molecule has 4 unspecified atom stereocenters. The lowest BCUT2D eigenvalue weighted by molar-refractivity contribution is -0.117. The van der Waals surface area contributed by atoms with Gasteiger partial charge in [0.2, 0.25) is 0 Å². The predicted octanol–water partition coefficient (Wildman–Crippen LogP) is 6.70. The third-order valence-electron chi connectivity index (χ3n) is 10.6. The van der Waals surface area contributed by atoms with Crippen LogP contribution in [0.3, 0.4) is 0 Å². The van der Waals surface area contributed by atoms with Crippen molar-refractivity contribution in [1.29, 1.82) is 0 Å². The maximum absolute atomic E-state index is 12.2. The Morgan fingerprint density at radius 2 is 1.82 bits per heavy atom. The van der Waals surface area contributed by atoms with E-state index >= 15 is 0 Å². The van der Waals surface area contributed by atoms with Crippen molar-refractivity contribution in [3.05, 3.63) is 53.6 Å². The van der Waals surface area contributed by atoms with Crippen LogP contribution >= 0.6 is 0 Å². The van der Waals surface area contributed by atoms with Crippen molar-refractivity contribution in [3.63, 3.8) is 0 Å². The Balaban J connectivity index is 1.42. The number of rotatable bonds is 3. The van der Waals surface area contributed by atoms with Gasteiger partial charge in [0.05, 0.1) is 0 Å². The van der Waals surface area contributed by atoms with Crippen molar-refractivity contribution < 1.29 is 9.90 Å². The Hall–Kier alpha value is -2.11. The summed E-state index contributed by atoms with van der Waals surface area (Å²) in [5.74, 6) is 9.89. The highest BCUT2D eigenvalue weighted by Gasteiger charge is 2.64. The molecule has 0 heterocycles. The minimum Gasteiger partial charge on any atom is -0.377 e. The lowest BCUT2D eigenvalue weighted by atomic mass is 9.46. The fourth-order valence-corrected chi connectivity index (χ4v) is 8.68. The maximum atomic E-state index is 12.2. The van der Waals surface area contributed by atoms with Gasteiger partial charge in [-0.3, -0.25) is 4.79 Å². The van der Waals surface area contributed by atoms with E-state index in [1.807, 2.05) is 13.0 Å². The van der Waals surface area contributed by atoms with Crippen molar-refractivity contribution in [2.45, 2.75) is 83.2 Å². The Labute approximate surface area is 204 Å². The number of carbonyl (C=O) groups excluding carboxylic acids is 1. The highest BCUT2D eigenvalue weighted by molar-refractivity contribution is 5.91. The van der Waals surface area contributed by atoms with Crippen LogP contribution in [0.4, 0.5) is 0 Å². The van der Waals surface area contributed by atoms with Crippen LogP contribution in [0.2, 0.25) is 0 Å². The molecule has 2 heteroatoms. The average molecular weight is 455 g/mol. The molecule has 0 bridgehead atoms. The molecule has 5 aliphatic rings. The normalized spacial score (nSPS) is 40.9. The summed E-state index contributed by atoms with van der Waals surface area (Å²) in [6.07, 6.45) is 11.3. The molecule has 0 aliphatic heterocycles. The lowest BCUT2D eigenvalue weighted by Crippen LogP contribution is -2.54. The van der Waals surface area contributed by atoms with Gasteiger partial charge < -0.3 is 5.11 Å². The van der Waals surface area contributed by atoms with E-state index in [-0.39, 0.29) is 5.41 Å². The zero-order chi connectivity index (χ0) is 23.7. The minimum absolute atomic E-state index is 0.191. The Bertz CT molecular complexity index is 1110. The summed E-state index contributed by atoms with van der Waals surface area (Å²) in [4.78, 5) is 12.2. The van der Waals surface area contributed by atoms with Crippen LogP contribution in [-0.2, 0) is 4.79 Å². The largest absolute Gasteiger partial charge is 0.377 e. The smallest absolute Gasteiger partial charge is 0.155 e. The number of fused-ring (bicyclic) bond motifs is 5. The van der Waals surface area contributed by atoms with Crippen molar-refractivity contribution in [3.8, 4) is 11.8 Å². The average Bonchev–Trinajstić information content (AvgIpc) is 3.64. The molecule has 4 fully saturated rings. The van der Waals surface area contributed by atoms with Crippen LogP contribution in [0, 0.1) is 46.8 Å². The predicted molar refractivity (Wildman–Crippen MR) is 137 cm³/mol. The molecule has 1 N–H and O–H groups in total. The SMILES string of the molecule is C=C(c1ccc([C@H]2C[C@@]3(C)C(CC[C@@]3(O)C#CC)C3CCC4=CC(=O)CCC4C32)cc1)C1CC1. The van der Waals surface area contributed by atoms with Gasteiger partial charge in [0.25, 0.3) is 0 Å². The summed E-state index contributed by atoms with van der Waals surface area (Å²) in [6.45, 7) is 8.55. The molecule has 1 aromatic carbocycles. The van der Waals surface area contributed by atoms with E-state index < -0.39 is 5.60 Å². The monoisotopic (exact) mass is 454 g/mol. The maximum Gasteiger partial charge on any atom is 0.155 e. The third-order valence-corrected chi connectivity index (χ3v) is 10.6. The number of ketones is 1. The lowest BCUT2D eigenvalue weighted by Gasteiger charge is -2.58.